The molecular formula is C21H21ClN4O2. The van der Waals surface area contributed by atoms with Crippen molar-refractivity contribution in [2.45, 2.75) is 20.0 Å². The van der Waals surface area contributed by atoms with E-state index in [-0.39, 0.29) is 6.03 Å². The van der Waals surface area contributed by atoms with Crippen molar-refractivity contribution in [3.05, 3.63) is 83.4 Å². The first-order chi connectivity index (χ1) is 13.7. The van der Waals surface area contributed by atoms with Crippen LogP contribution in [0.2, 0.25) is 5.02 Å². The summed E-state index contributed by atoms with van der Waals surface area (Å²) >= 11 is 6.23. The normalized spacial score (nSPS) is 10.4. The number of hydrogen-bond donors (Lipinski definition) is 1. The van der Waals surface area contributed by atoms with Gasteiger partial charge in [-0.15, -0.1) is 0 Å². The molecule has 144 valence electrons. The van der Waals surface area contributed by atoms with Gasteiger partial charge in [0, 0.05) is 43.6 Å². The maximum absolute atomic E-state index is 12.9. The van der Waals surface area contributed by atoms with E-state index in [9.17, 15) is 4.79 Å². The molecule has 2 heterocycles. The van der Waals surface area contributed by atoms with Gasteiger partial charge in [-0.3, -0.25) is 9.97 Å². The Balaban J connectivity index is 1.76. The van der Waals surface area contributed by atoms with Crippen molar-refractivity contribution in [3.8, 4) is 5.75 Å². The number of carbonyl (C=O) groups is 1. The van der Waals surface area contributed by atoms with E-state index in [0.29, 0.717) is 36.2 Å². The van der Waals surface area contributed by atoms with Gasteiger partial charge < -0.3 is 15.0 Å². The van der Waals surface area contributed by atoms with E-state index < -0.39 is 0 Å². The summed E-state index contributed by atoms with van der Waals surface area (Å²) in [5.41, 5.74) is 2.53. The molecular weight excluding hydrogens is 376 g/mol. The molecule has 1 aromatic carbocycles. The van der Waals surface area contributed by atoms with Gasteiger partial charge in [0.15, 0.2) is 0 Å². The Morgan fingerprint density at radius 2 is 1.86 bits per heavy atom. The summed E-state index contributed by atoms with van der Waals surface area (Å²) in [6.45, 7) is 3.28. The Kier molecular flexibility index (Phi) is 6.81. The monoisotopic (exact) mass is 396 g/mol. The Bertz CT molecular complexity index is 865. The van der Waals surface area contributed by atoms with Gasteiger partial charge in [0.25, 0.3) is 0 Å². The van der Waals surface area contributed by atoms with Crippen molar-refractivity contribution < 1.29 is 9.53 Å². The molecule has 0 aliphatic rings. The second-order valence-corrected chi connectivity index (χ2v) is 6.49. The summed E-state index contributed by atoms with van der Waals surface area (Å²) < 4.78 is 5.43. The molecule has 3 rings (SSSR count). The van der Waals surface area contributed by atoms with Crippen LogP contribution in [0.3, 0.4) is 0 Å². The van der Waals surface area contributed by atoms with Crippen LogP contribution in [0.15, 0.2) is 67.3 Å². The Morgan fingerprint density at radius 1 is 1.07 bits per heavy atom. The molecule has 0 aliphatic carbocycles. The Labute approximate surface area is 169 Å². The maximum atomic E-state index is 12.9. The van der Waals surface area contributed by atoms with Crippen LogP contribution in [0.25, 0.3) is 0 Å². The molecule has 2 amide bonds. The molecule has 3 aromatic rings. The van der Waals surface area contributed by atoms with E-state index in [1.165, 1.54) is 0 Å². The topological polar surface area (TPSA) is 67.3 Å². The lowest BCUT2D eigenvalue weighted by Crippen LogP contribution is -2.34. The second kappa shape index (κ2) is 9.71. The van der Waals surface area contributed by atoms with Crippen molar-refractivity contribution >= 4 is 23.3 Å². The van der Waals surface area contributed by atoms with Gasteiger partial charge in [0.2, 0.25) is 0 Å². The zero-order chi connectivity index (χ0) is 19.8. The maximum Gasteiger partial charge on any atom is 0.322 e. The van der Waals surface area contributed by atoms with Crippen LogP contribution in [0, 0.1) is 0 Å². The van der Waals surface area contributed by atoms with Gasteiger partial charge in [-0.25, -0.2) is 4.79 Å². The molecule has 1 N–H and O–H groups in total. The molecule has 0 atom stereocenters. The highest BCUT2D eigenvalue weighted by Gasteiger charge is 2.16. The number of hydrogen-bond acceptors (Lipinski definition) is 4. The van der Waals surface area contributed by atoms with Gasteiger partial charge >= 0.3 is 6.03 Å². The summed E-state index contributed by atoms with van der Waals surface area (Å²) in [4.78, 5) is 22.8. The number of urea groups is 1. The third-order valence-electron chi connectivity index (χ3n) is 3.99. The molecule has 0 fully saturated rings. The number of pyridine rings is 2. The minimum Gasteiger partial charge on any atom is -0.492 e. The molecule has 0 spiro atoms. The number of ether oxygens (including phenoxy) is 1. The molecule has 6 nitrogen and oxygen atoms in total. The van der Waals surface area contributed by atoms with Gasteiger partial charge in [-0.1, -0.05) is 17.7 Å². The van der Waals surface area contributed by atoms with Crippen LogP contribution in [-0.2, 0) is 13.1 Å². The lowest BCUT2D eigenvalue weighted by Gasteiger charge is -2.23. The minimum absolute atomic E-state index is 0.235. The van der Waals surface area contributed by atoms with E-state index in [1.807, 2.05) is 31.2 Å². The first-order valence-corrected chi connectivity index (χ1v) is 9.29. The average molecular weight is 397 g/mol. The van der Waals surface area contributed by atoms with E-state index in [1.54, 1.807) is 47.9 Å². The number of benzene rings is 1. The fraction of sp³-hybridized carbons (Fsp3) is 0.190. The van der Waals surface area contributed by atoms with Crippen LogP contribution in [0.4, 0.5) is 10.5 Å². The molecule has 7 heteroatoms. The predicted octanol–water partition coefficient (Wildman–Crippen LogP) is 4.76. The summed E-state index contributed by atoms with van der Waals surface area (Å²) in [6, 6.07) is 12.5. The van der Waals surface area contributed by atoms with Gasteiger partial charge in [-0.2, -0.15) is 0 Å². The highest BCUT2D eigenvalue weighted by Crippen LogP contribution is 2.28. The summed E-state index contributed by atoms with van der Waals surface area (Å²) in [7, 11) is 0. The first-order valence-electron chi connectivity index (χ1n) is 8.92. The molecule has 0 radical (unpaired) electrons. The molecule has 0 aliphatic heterocycles. The minimum atomic E-state index is -0.235. The fourth-order valence-corrected chi connectivity index (χ4v) is 2.91. The first kappa shape index (κ1) is 19.6. The smallest absolute Gasteiger partial charge is 0.322 e. The lowest BCUT2D eigenvalue weighted by atomic mass is 10.2. The van der Waals surface area contributed by atoms with Gasteiger partial charge in [-0.05, 0) is 54.4 Å². The molecule has 28 heavy (non-hydrogen) atoms. The lowest BCUT2D eigenvalue weighted by molar-refractivity contribution is 0.206. The van der Waals surface area contributed by atoms with Crippen molar-refractivity contribution in [2.75, 3.05) is 11.9 Å². The van der Waals surface area contributed by atoms with Crippen LogP contribution < -0.4 is 10.1 Å². The van der Waals surface area contributed by atoms with Crippen LogP contribution in [0.1, 0.15) is 18.1 Å². The van der Waals surface area contributed by atoms with Crippen LogP contribution >= 0.6 is 11.6 Å². The standard InChI is InChI=1S/C21H21ClN4O2/c1-2-28-20-6-5-18(12-19(20)22)25-21(27)26(14-16-7-10-23-11-8-16)15-17-4-3-9-24-13-17/h3-13H,2,14-15H2,1H3,(H,25,27). The number of halogens is 1. The van der Waals surface area contributed by atoms with E-state index in [4.69, 9.17) is 16.3 Å². The number of amides is 2. The van der Waals surface area contributed by atoms with Crippen molar-refractivity contribution in [1.29, 1.82) is 0 Å². The number of carbonyl (C=O) groups excluding carboxylic acids is 1. The Morgan fingerprint density at radius 3 is 2.54 bits per heavy atom. The highest BCUT2D eigenvalue weighted by atomic mass is 35.5. The predicted molar refractivity (Wildman–Crippen MR) is 109 cm³/mol. The van der Waals surface area contributed by atoms with Crippen LogP contribution in [-0.4, -0.2) is 27.5 Å². The highest BCUT2D eigenvalue weighted by molar-refractivity contribution is 6.32. The second-order valence-electron chi connectivity index (χ2n) is 6.08. The van der Waals surface area contributed by atoms with Crippen molar-refractivity contribution in [3.63, 3.8) is 0 Å². The molecule has 0 saturated carbocycles. The third-order valence-corrected chi connectivity index (χ3v) is 4.28. The van der Waals surface area contributed by atoms with Crippen molar-refractivity contribution in [2.24, 2.45) is 0 Å². The number of rotatable bonds is 7. The van der Waals surface area contributed by atoms with E-state index >= 15 is 0 Å². The quantitative estimate of drug-likeness (QED) is 0.625. The van der Waals surface area contributed by atoms with E-state index in [0.717, 1.165) is 11.1 Å². The number of nitrogens with one attached hydrogen (secondary N) is 1. The Hall–Kier alpha value is -3.12. The molecule has 2 aromatic heterocycles. The average Bonchev–Trinajstić information content (AvgIpc) is 2.71. The molecule has 0 unspecified atom stereocenters. The number of anilines is 1. The summed E-state index contributed by atoms with van der Waals surface area (Å²) in [5, 5.41) is 3.36. The SMILES string of the molecule is CCOc1ccc(NC(=O)N(Cc2ccncc2)Cc2cccnc2)cc1Cl. The largest absolute Gasteiger partial charge is 0.492 e. The van der Waals surface area contributed by atoms with E-state index in [2.05, 4.69) is 15.3 Å². The van der Waals surface area contributed by atoms with Crippen molar-refractivity contribution in [1.82, 2.24) is 14.9 Å². The number of nitrogens with zero attached hydrogens (tertiary/aromatic N) is 3. The number of aromatic nitrogens is 2. The third kappa shape index (κ3) is 5.44. The zero-order valence-electron chi connectivity index (χ0n) is 15.5. The summed E-state index contributed by atoms with van der Waals surface area (Å²) in [6.07, 6.45) is 6.88. The summed E-state index contributed by atoms with van der Waals surface area (Å²) in [5.74, 6) is 0.589. The van der Waals surface area contributed by atoms with Gasteiger partial charge in [0.05, 0.1) is 11.6 Å². The van der Waals surface area contributed by atoms with Gasteiger partial charge in [0.1, 0.15) is 5.75 Å². The fourth-order valence-electron chi connectivity index (χ4n) is 2.67. The van der Waals surface area contributed by atoms with Crippen LogP contribution in [0.5, 0.6) is 5.75 Å². The zero-order valence-corrected chi connectivity index (χ0v) is 16.3. The molecule has 0 saturated heterocycles. The molecule has 0 bridgehead atoms.